The van der Waals surface area contributed by atoms with Crippen molar-refractivity contribution in [3.05, 3.63) is 71.7 Å². The van der Waals surface area contributed by atoms with Gasteiger partial charge in [0.2, 0.25) is 11.8 Å². The fourth-order valence-electron chi connectivity index (χ4n) is 2.38. The van der Waals surface area contributed by atoms with Crippen LogP contribution in [0.15, 0.2) is 55.0 Å². The van der Waals surface area contributed by atoms with Crippen molar-refractivity contribution >= 4 is 5.91 Å². The van der Waals surface area contributed by atoms with Gasteiger partial charge in [-0.3, -0.25) is 9.89 Å². The molecule has 0 saturated heterocycles. The molecule has 0 atom stereocenters. The van der Waals surface area contributed by atoms with Gasteiger partial charge in [-0.05, 0) is 36.6 Å². The molecular formula is C19H20N4O2. The van der Waals surface area contributed by atoms with Crippen LogP contribution in [0.4, 0.5) is 0 Å². The maximum atomic E-state index is 12.0. The zero-order valence-electron chi connectivity index (χ0n) is 14.0. The van der Waals surface area contributed by atoms with Gasteiger partial charge in [-0.1, -0.05) is 24.3 Å². The first kappa shape index (κ1) is 16.7. The van der Waals surface area contributed by atoms with E-state index < -0.39 is 0 Å². The Balaban J connectivity index is 1.59. The predicted octanol–water partition coefficient (Wildman–Crippen LogP) is 3.15. The number of pyridine rings is 1. The summed E-state index contributed by atoms with van der Waals surface area (Å²) < 4.78 is 5.92. The van der Waals surface area contributed by atoms with Gasteiger partial charge in [-0.15, -0.1) is 0 Å². The number of carbonyl (C=O) groups is 1. The van der Waals surface area contributed by atoms with E-state index in [1.54, 1.807) is 18.6 Å². The second-order valence-corrected chi connectivity index (χ2v) is 5.72. The Hall–Kier alpha value is -3.15. The first-order valence-corrected chi connectivity index (χ1v) is 8.14. The molecule has 0 aliphatic carbocycles. The van der Waals surface area contributed by atoms with Crippen molar-refractivity contribution in [3.63, 3.8) is 0 Å². The molecule has 0 aliphatic heterocycles. The smallest absolute Gasteiger partial charge is 0.224 e. The monoisotopic (exact) mass is 336 g/mol. The molecular weight excluding hydrogens is 316 g/mol. The van der Waals surface area contributed by atoms with Crippen molar-refractivity contribution in [3.8, 4) is 11.6 Å². The molecule has 0 saturated carbocycles. The third kappa shape index (κ3) is 4.67. The average Bonchev–Trinajstić information content (AvgIpc) is 3.15. The number of hydrogen-bond acceptors (Lipinski definition) is 4. The summed E-state index contributed by atoms with van der Waals surface area (Å²) in [5, 5.41) is 9.52. The largest absolute Gasteiger partial charge is 0.438 e. The molecule has 25 heavy (non-hydrogen) atoms. The lowest BCUT2D eigenvalue weighted by Gasteiger charge is -2.12. The van der Waals surface area contributed by atoms with Crippen LogP contribution in [0.25, 0.3) is 0 Å². The molecule has 3 aromatic rings. The summed E-state index contributed by atoms with van der Waals surface area (Å²) in [6.45, 7) is 2.36. The molecule has 128 valence electrons. The van der Waals surface area contributed by atoms with Gasteiger partial charge in [0.1, 0.15) is 5.75 Å². The lowest BCUT2D eigenvalue weighted by Crippen LogP contribution is -2.23. The number of aromatic nitrogens is 3. The lowest BCUT2D eigenvalue weighted by molar-refractivity contribution is -0.121. The molecule has 3 rings (SSSR count). The van der Waals surface area contributed by atoms with E-state index in [1.165, 1.54) is 0 Å². The summed E-state index contributed by atoms with van der Waals surface area (Å²) in [6.07, 6.45) is 6.26. The summed E-state index contributed by atoms with van der Waals surface area (Å²) in [5.74, 6) is 1.24. The second kappa shape index (κ2) is 8.10. The number of rotatable bonds is 7. The highest BCUT2D eigenvalue weighted by atomic mass is 16.5. The van der Waals surface area contributed by atoms with Crippen molar-refractivity contribution in [2.45, 2.75) is 26.3 Å². The Morgan fingerprint density at radius 1 is 1.24 bits per heavy atom. The minimum absolute atomic E-state index is 0.0214. The van der Waals surface area contributed by atoms with Gasteiger partial charge in [0.15, 0.2) is 0 Å². The number of H-pyrrole nitrogens is 1. The highest BCUT2D eigenvalue weighted by Crippen LogP contribution is 2.25. The molecule has 1 aromatic carbocycles. The first-order valence-electron chi connectivity index (χ1n) is 8.14. The van der Waals surface area contributed by atoms with Crippen molar-refractivity contribution in [1.82, 2.24) is 20.5 Å². The maximum absolute atomic E-state index is 12.0. The van der Waals surface area contributed by atoms with E-state index >= 15 is 0 Å². The summed E-state index contributed by atoms with van der Waals surface area (Å²) in [5.41, 5.74) is 2.88. The molecule has 0 bridgehead atoms. The van der Waals surface area contributed by atoms with E-state index in [0.717, 1.165) is 22.4 Å². The Kier molecular flexibility index (Phi) is 5.41. The highest BCUT2D eigenvalue weighted by Gasteiger charge is 2.09. The van der Waals surface area contributed by atoms with Crippen LogP contribution < -0.4 is 10.1 Å². The number of ether oxygens (including phenoxy) is 1. The fourth-order valence-corrected chi connectivity index (χ4v) is 2.38. The van der Waals surface area contributed by atoms with Gasteiger partial charge < -0.3 is 10.1 Å². The number of para-hydroxylation sites is 1. The number of aryl methyl sites for hydroxylation is 2. The Bertz CT molecular complexity index is 831. The minimum Gasteiger partial charge on any atom is -0.438 e. The van der Waals surface area contributed by atoms with Crippen molar-refractivity contribution in [2.75, 3.05) is 0 Å². The average molecular weight is 336 g/mol. The Morgan fingerprint density at radius 3 is 2.92 bits per heavy atom. The van der Waals surface area contributed by atoms with E-state index in [2.05, 4.69) is 20.5 Å². The van der Waals surface area contributed by atoms with E-state index in [9.17, 15) is 4.79 Å². The topological polar surface area (TPSA) is 79.9 Å². The van der Waals surface area contributed by atoms with Crippen molar-refractivity contribution in [1.29, 1.82) is 0 Å². The summed E-state index contributed by atoms with van der Waals surface area (Å²) in [4.78, 5) is 16.3. The third-order valence-electron chi connectivity index (χ3n) is 3.82. The zero-order chi connectivity index (χ0) is 17.5. The van der Waals surface area contributed by atoms with Crippen LogP contribution in [0.1, 0.15) is 23.1 Å². The van der Waals surface area contributed by atoms with Crippen LogP contribution >= 0.6 is 0 Å². The van der Waals surface area contributed by atoms with E-state index in [0.29, 0.717) is 25.3 Å². The third-order valence-corrected chi connectivity index (χ3v) is 3.82. The van der Waals surface area contributed by atoms with Crippen LogP contribution in [0, 0.1) is 6.92 Å². The Labute approximate surface area is 146 Å². The normalized spacial score (nSPS) is 10.4. The zero-order valence-corrected chi connectivity index (χ0v) is 14.0. The number of aromatic amines is 1. The first-order chi connectivity index (χ1) is 12.2. The van der Waals surface area contributed by atoms with E-state index in [1.807, 2.05) is 43.3 Å². The molecule has 2 heterocycles. The van der Waals surface area contributed by atoms with Crippen LogP contribution in [0.3, 0.4) is 0 Å². The summed E-state index contributed by atoms with van der Waals surface area (Å²) in [7, 11) is 0. The molecule has 6 heteroatoms. The lowest BCUT2D eigenvalue weighted by atomic mass is 10.2. The maximum Gasteiger partial charge on any atom is 0.224 e. The summed E-state index contributed by atoms with van der Waals surface area (Å²) >= 11 is 0. The quantitative estimate of drug-likeness (QED) is 0.694. The van der Waals surface area contributed by atoms with Gasteiger partial charge >= 0.3 is 0 Å². The molecule has 0 unspecified atom stereocenters. The molecule has 2 N–H and O–H groups in total. The van der Waals surface area contributed by atoms with Crippen LogP contribution in [-0.2, 0) is 17.8 Å². The SMILES string of the molecule is Cc1ccccc1Oc1ncccc1CNC(=O)CCc1cn[nH]c1. The van der Waals surface area contributed by atoms with Gasteiger partial charge in [0.05, 0.1) is 6.20 Å². The van der Waals surface area contributed by atoms with Gasteiger partial charge in [-0.25, -0.2) is 4.98 Å². The summed E-state index contributed by atoms with van der Waals surface area (Å²) in [6, 6.07) is 11.5. The van der Waals surface area contributed by atoms with Crippen LogP contribution in [-0.4, -0.2) is 21.1 Å². The van der Waals surface area contributed by atoms with Gasteiger partial charge in [0, 0.05) is 30.9 Å². The van der Waals surface area contributed by atoms with Crippen LogP contribution in [0.2, 0.25) is 0 Å². The second-order valence-electron chi connectivity index (χ2n) is 5.72. The van der Waals surface area contributed by atoms with Crippen molar-refractivity contribution < 1.29 is 9.53 Å². The number of nitrogens with one attached hydrogen (secondary N) is 2. The number of carbonyl (C=O) groups excluding carboxylic acids is 1. The number of benzene rings is 1. The molecule has 2 aromatic heterocycles. The molecule has 0 spiro atoms. The number of hydrogen-bond donors (Lipinski definition) is 2. The predicted molar refractivity (Wildman–Crippen MR) is 94.2 cm³/mol. The van der Waals surface area contributed by atoms with Crippen LogP contribution in [0.5, 0.6) is 11.6 Å². The molecule has 0 radical (unpaired) electrons. The van der Waals surface area contributed by atoms with Gasteiger partial charge in [0.25, 0.3) is 0 Å². The highest BCUT2D eigenvalue weighted by molar-refractivity contribution is 5.76. The molecule has 1 amide bonds. The van der Waals surface area contributed by atoms with Gasteiger partial charge in [-0.2, -0.15) is 5.10 Å². The number of amides is 1. The standard InChI is InChI=1S/C19H20N4O2/c1-14-5-2-3-7-17(14)25-19-16(6-4-10-20-19)13-21-18(24)9-8-15-11-22-23-12-15/h2-7,10-12H,8-9,13H2,1H3,(H,21,24)(H,22,23). The minimum atomic E-state index is -0.0214. The molecule has 0 fully saturated rings. The van der Waals surface area contributed by atoms with E-state index in [-0.39, 0.29) is 5.91 Å². The van der Waals surface area contributed by atoms with Crippen molar-refractivity contribution in [2.24, 2.45) is 0 Å². The Morgan fingerprint density at radius 2 is 2.12 bits per heavy atom. The molecule has 0 aliphatic rings. The van der Waals surface area contributed by atoms with E-state index in [4.69, 9.17) is 4.74 Å². The number of nitrogens with zero attached hydrogens (tertiary/aromatic N) is 2. The molecule has 6 nitrogen and oxygen atoms in total. The fraction of sp³-hybridized carbons (Fsp3) is 0.211.